The first-order valence-corrected chi connectivity index (χ1v) is 7.21. The molecule has 0 saturated carbocycles. The van der Waals surface area contributed by atoms with Crippen LogP contribution in [-0.2, 0) is 11.2 Å². The summed E-state index contributed by atoms with van der Waals surface area (Å²) < 4.78 is 0. The van der Waals surface area contributed by atoms with Crippen LogP contribution in [0.4, 0.5) is 5.69 Å². The lowest BCUT2D eigenvalue weighted by atomic mass is 10.00. The van der Waals surface area contributed by atoms with Gasteiger partial charge >= 0.3 is 0 Å². The summed E-state index contributed by atoms with van der Waals surface area (Å²) >= 11 is 18.3. The fourth-order valence-electron chi connectivity index (χ4n) is 2.27. The van der Waals surface area contributed by atoms with Crippen LogP contribution in [0, 0.1) is 0 Å². The summed E-state index contributed by atoms with van der Waals surface area (Å²) in [6, 6.07) is 8.02. The molecule has 0 unspecified atom stereocenters. The molecule has 0 radical (unpaired) electrons. The molecular formula is C15H8Cl3NO2. The number of halogens is 3. The Balaban J connectivity index is 2.11. The number of fused-ring (bicyclic) bond motifs is 1. The minimum atomic E-state index is -0.363. The average molecular weight is 341 g/mol. The van der Waals surface area contributed by atoms with Crippen LogP contribution in [-0.4, -0.2) is 11.7 Å². The van der Waals surface area contributed by atoms with Crippen molar-refractivity contribution in [1.82, 2.24) is 0 Å². The molecule has 3 nitrogen and oxygen atoms in total. The highest BCUT2D eigenvalue weighted by Gasteiger charge is 2.24. The van der Waals surface area contributed by atoms with Gasteiger partial charge in [0, 0.05) is 11.3 Å². The van der Waals surface area contributed by atoms with E-state index in [9.17, 15) is 9.59 Å². The van der Waals surface area contributed by atoms with Crippen molar-refractivity contribution >= 4 is 52.2 Å². The summed E-state index contributed by atoms with van der Waals surface area (Å²) in [7, 11) is 0. The van der Waals surface area contributed by atoms with Gasteiger partial charge in [-0.25, -0.2) is 0 Å². The van der Waals surface area contributed by atoms with Crippen molar-refractivity contribution in [2.75, 3.05) is 5.32 Å². The Kier molecular flexibility index (Phi) is 3.66. The van der Waals surface area contributed by atoms with Gasteiger partial charge in [0.15, 0.2) is 5.78 Å². The van der Waals surface area contributed by atoms with Gasteiger partial charge in [0.05, 0.1) is 27.1 Å². The number of benzene rings is 2. The lowest BCUT2D eigenvalue weighted by Gasteiger charge is -2.09. The Bertz CT molecular complexity index is 766. The highest BCUT2D eigenvalue weighted by molar-refractivity contribution is 6.42. The van der Waals surface area contributed by atoms with E-state index in [2.05, 4.69) is 5.32 Å². The van der Waals surface area contributed by atoms with E-state index in [0.717, 1.165) is 5.56 Å². The molecule has 2 aromatic carbocycles. The maximum atomic E-state index is 12.6. The number of anilines is 1. The van der Waals surface area contributed by atoms with Gasteiger partial charge in [-0.2, -0.15) is 0 Å². The first-order valence-electron chi connectivity index (χ1n) is 6.08. The second-order valence-electron chi connectivity index (χ2n) is 4.64. The summed E-state index contributed by atoms with van der Waals surface area (Å²) in [6.07, 6.45) is 0.225. The van der Waals surface area contributed by atoms with Crippen molar-refractivity contribution in [3.05, 3.63) is 62.1 Å². The molecule has 0 bridgehead atoms. The van der Waals surface area contributed by atoms with E-state index in [1.54, 1.807) is 30.3 Å². The molecular weight excluding hydrogens is 333 g/mol. The van der Waals surface area contributed by atoms with Crippen LogP contribution in [0.1, 0.15) is 21.5 Å². The van der Waals surface area contributed by atoms with E-state index in [-0.39, 0.29) is 44.3 Å². The maximum Gasteiger partial charge on any atom is 0.228 e. The van der Waals surface area contributed by atoms with E-state index >= 15 is 0 Å². The van der Waals surface area contributed by atoms with Gasteiger partial charge in [-0.05, 0) is 29.8 Å². The molecule has 1 aliphatic rings. The molecule has 0 atom stereocenters. The van der Waals surface area contributed by atoms with Crippen LogP contribution in [0.3, 0.4) is 0 Å². The quantitative estimate of drug-likeness (QED) is 0.825. The maximum absolute atomic E-state index is 12.6. The average Bonchev–Trinajstić information content (AvgIpc) is 2.76. The number of carbonyl (C=O) groups is 2. The number of amides is 1. The predicted molar refractivity (Wildman–Crippen MR) is 83.7 cm³/mol. The van der Waals surface area contributed by atoms with Crippen molar-refractivity contribution in [2.45, 2.75) is 6.42 Å². The molecule has 3 rings (SSSR count). The first-order chi connectivity index (χ1) is 9.97. The number of hydrogen-bond donors (Lipinski definition) is 1. The first kappa shape index (κ1) is 14.4. The van der Waals surface area contributed by atoms with E-state index < -0.39 is 0 Å². The normalized spacial score (nSPS) is 13.0. The van der Waals surface area contributed by atoms with Crippen molar-refractivity contribution in [3.8, 4) is 0 Å². The summed E-state index contributed by atoms with van der Waals surface area (Å²) in [4.78, 5) is 24.0. The standard InChI is InChI=1S/C15H8Cl3NO2/c16-9-2-1-3-10(17)14(9)15(21)8-4-7-5-13(20)19-12(7)6-11(8)18/h1-4,6H,5H2,(H,19,20). The summed E-state index contributed by atoms with van der Waals surface area (Å²) in [6.45, 7) is 0. The highest BCUT2D eigenvalue weighted by atomic mass is 35.5. The molecule has 0 aromatic heterocycles. The van der Waals surface area contributed by atoms with Crippen LogP contribution >= 0.6 is 34.8 Å². The number of carbonyl (C=O) groups excluding carboxylic acids is 2. The van der Waals surface area contributed by atoms with Crippen LogP contribution in [0.5, 0.6) is 0 Å². The van der Waals surface area contributed by atoms with E-state index in [4.69, 9.17) is 34.8 Å². The lowest BCUT2D eigenvalue weighted by molar-refractivity contribution is -0.115. The van der Waals surface area contributed by atoms with Gasteiger partial charge in [0.2, 0.25) is 5.91 Å². The van der Waals surface area contributed by atoms with Crippen LogP contribution in [0.25, 0.3) is 0 Å². The molecule has 21 heavy (non-hydrogen) atoms. The van der Waals surface area contributed by atoms with Crippen LogP contribution < -0.4 is 5.32 Å². The molecule has 0 aliphatic carbocycles. The van der Waals surface area contributed by atoms with E-state index in [0.29, 0.717) is 5.69 Å². The van der Waals surface area contributed by atoms with Gasteiger partial charge < -0.3 is 5.32 Å². The predicted octanol–water partition coefficient (Wildman–Crippen LogP) is 4.37. The number of ketones is 1. The monoisotopic (exact) mass is 339 g/mol. The molecule has 6 heteroatoms. The third-order valence-electron chi connectivity index (χ3n) is 3.25. The Morgan fingerprint density at radius 2 is 1.71 bits per heavy atom. The Hall–Kier alpha value is -1.55. The van der Waals surface area contributed by atoms with Gasteiger partial charge in [-0.3, -0.25) is 9.59 Å². The number of hydrogen-bond acceptors (Lipinski definition) is 2. The van der Waals surface area contributed by atoms with Gasteiger partial charge in [-0.1, -0.05) is 40.9 Å². The molecule has 0 saturated heterocycles. The molecule has 0 fully saturated rings. The summed E-state index contributed by atoms with van der Waals surface area (Å²) in [5.74, 6) is -0.487. The molecule has 1 heterocycles. The molecule has 106 valence electrons. The molecule has 0 spiro atoms. The number of nitrogens with one attached hydrogen (secondary N) is 1. The minimum absolute atomic E-state index is 0.124. The fourth-order valence-corrected chi connectivity index (χ4v) is 3.09. The zero-order valence-electron chi connectivity index (χ0n) is 10.5. The summed E-state index contributed by atoms with van der Waals surface area (Å²) in [5.41, 5.74) is 1.85. The minimum Gasteiger partial charge on any atom is -0.325 e. The third-order valence-corrected chi connectivity index (χ3v) is 4.20. The van der Waals surface area contributed by atoms with Crippen molar-refractivity contribution in [1.29, 1.82) is 0 Å². The zero-order chi connectivity index (χ0) is 15.1. The lowest BCUT2D eigenvalue weighted by Crippen LogP contribution is -2.05. The van der Waals surface area contributed by atoms with Crippen LogP contribution in [0.15, 0.2) is 30.3 Å². The second kappa shape index (κ2) is 5.34. The van der Waals surface area contributed by atoms with Crippen molar-refractivity contribution in [2.24, 2.45) is 0 Å². The van der Waals surface area contributed by atoms with Crippen LogP contribution in [0.2, 0.25) is 15.1 Å². The number of rotatable bonds is 2. The Morgan fingerprint density at radius 1 is 1.05 bits per heavy atom. The van der Waals surface area contributed by atoms with Gasteiger partial charge in [0.1, 0.15) is 0 Å². The highest BCUT2D eigenvalue weighted by Crippen LogP contribution is 2.33. The van der Waals surface area contributed by atoms with E-state index in [1.807, 2.05) is 0 Å². The van der Waals surface area contributed by atoms with Crippen molar-refractivity contribution < 1.29 is 9.59 Å². The molecule has 1 aliphatic heterocycles. The summed E-state index contributed by atoms with van der Waals surface area (Å²) in [5, 5.41) is 3.45. The topological polar surface area (TPSA) is 46.2 Å². The molecule has 1 N–H and O–H groups in total. The largest absolute Gasteiger partial charge is 0.325 e. The Labute approximate surface area is 135 Å². The van der Waals surface area contributed by atoms with Gasteiger partial charge in [-0.15, -0.1) is 0 Å². The smallest absolute Gasteiger partial charge is 0.228 e. The molecule has 1 amide bonds. The second-order valence-corrected chi connectivity index (χ2v) is 5.86. The van der Waals surface area contributed by atoms with E-state index in [1.165, 1.54) is 0 Å². The fraction of sp³-hybridized carbons (Fsp3) is 0.0667. The third kappa shape index (κ3) is 2.53. The Morgan fingerprint density at radius 3 is 2.38 bits per heavy atom. The molecule has 2 aromatic rings. The zero-order valence-corrected chi connectivity index (χ0v) is 12.8. The van der Waals surface area contributed by atoms with Crippen molar-refractivity contribution in [3.63, 3.8) is 0 Å². The van der Waals surface area contributed by atoms with Gasteiger partial charge in [0.25, 0.3) is 0 Å². The SMILES string of the molecule is O=C1Cc2cc(C(=O)c3c(Cl)cccc3Cl)c(Cl)cc2N1.